The van der Waals surface area contributed by atoms with Crippen LogP contribution in [0.4, 0.5) is 0 Å². The molecule has 1 aromatic rings. The molecule has 6 heteroatoms. The van der Waals surface area contributed by atoms with Crippen molar-refractivity contribution in [3.05, 3.63) is 35.9 Å². The van der Waals surface area contributed by atoms with Gasteiger partial charge in [0.2, 0.25) is 5.78 Å². The van der Waals surface area contributed by atoms with E-state index in [1.54, 1.807) is 30.3 Å². The SMILES string of the molecule is CC1(C)SC[C@@H](C(=O)OCCCC2CCCCC2)N1C(=O)C(=O)c1ccccc1. The Labute approximate surface area is 177 Å². The van der Waals surface area contributed by atoms with Gasteiger partial charge in [-0.15, -0.1) is 11.8 Å². The molecule has 2 fully saturated rings. The number of thioether (sulfide) groups is 1. The van der Waals surface area contributed by atoms with Crippen LogP contribution in [0.5, 0.6) is 0 Å². The zero-order valence-corrected chi connectivity index (χ0v) is 18.2. The van der Waals surface area contributed by atoms with Crippen LogP contribution in [0.15, 0.2) is 30.3 Å². The third-order valence-electron chi connectivity index (χ3n) is 5.93. The summed E-state index contributed by atoms with van der Waals surface area (Å²) in [5, 5.41) is 0. The Morgan fingerprint density at radius 1 is 1.10 bits per heavy atom. The molecule has 0 radical (unpaired) electrons. The molecule has 5 nitrogen and oxygen atoms in total. The summed E-state index contributed by atoms with van der Waals surface area (Å²) in [4.78, 5) is 39.1. The standard InChI is InChI=1S/C23H31NO4S/c1-23(2)24(21(26)20(25)18-13-7-4-8-14-18)19(16-29-23)22(27)28-15-9-12-17-10-5-3-6-11-17/h4,7-8,13-14,17,19H,3,5-6,9-12,15-16H2,1-2H3/t19-/m0/s1. The molecule has 1 aliphatic heterocycles. The third-order valence-corrected chi connectivity index (χ3v) is 7.32. The number of hydrogen-bond acceptors (Lipinski definition) is 5. The summed E-state index contributed by atoms with van der Waals surface area (Å²) in [7, 11) is 0. The minimum absolute atomic E-state index is 0.338. The van der Waals surface area contributed by atoms with Crippen molar-refractivity contribution in [2.75, 3.05) is 12.4 Å². The van der Waals surface area contributed by atoms with E-state index >= 15 is 0 Å². The average molecular weight is 418 g/mol. The van der Waals surface area contributed by atoms with Gasteiger partial charge in [0, 0.05) is 11.3 Å². The topological polar surface area (TPSA) is 63.7 Å². The maximum atomic E-state index is 13.0. The molecule has 0 bridgehead atoms. The first-order valence-electron chi connectivity index (χ1n) is 10.6. The zero-order valence-electron chi connectivity index (χ0n) is 17.4. The van der Waals surface area contributed by atoms with Crippen LogP contribution in [0.2, 0.25) is 0 Å². The molecule has 1 heterocycles. The minimum atomic E-state index is -0.718. The van der Waals surface area contributed by atoms with Crippen molar-refractivity contribution >= 4 is 29.4 Å². The van der Waals surface area contributed by atoms with Crippen LogP contribution in [-0.4, -0.2) is 45.8 Å². The summed E-state index contributed by atoms with van der Waals surface area (Å²) < 4.78 is 5.52. The molecule has 1 saturated carbocycles. The molecule has 29 heavy (non-hydrogen) atoms. The van der Waals surface area contributed by atoms with Crippen molar-refractivity contribution < 1.29 is 19.1 Å². The molecule has 0 N–H and O–H groups in total. The van der Waals surface area contributed by atoms with Crippen LogP contribution >= 0.6 is 11.8 Å². The van der Waals surface area contributed by atoms with Crippen molar-refractivity contribution in [2.24, 2.45) is 5.92 Å². The second-order valence-corrected chi connectivity index (χ2v) is 10.1. The molecule has 2 aliphatic rings. The number of rotatable bonds is 7. The first-order valence-corrected chi connectivity index (χ1v) is 11.6. The third kappa shape index (κ3) is 5.41. The van der Waals surface area contributed by atoms with Crippen molar-refractivity contribution in [3.8, 4) is 0 Å². The number of carbonyl (C=O) groups is 3. The molecule has 3 rings (SSSR count). The molecule has 0 aromatic heterocycles. The van der Waals surface area contributed by atoms with E-state index in [-0.39, 0.29) is 0 Å². The van der Waals surface area contributed by atoms with Gasteiger partial charge in [-0.25, -0.2) is 4.79 Å². The molecule has 0 spiro atoms. The van der Waals surface area contributed by atoms with E-state index in [1.807, 2.05) is 13.8 Å². The van der Waals surface area contributed by atoms with Crippen molar-refractivity contribution in [1.29, 1.82) is 0 Å². The van der Waals surface area contributed by atoms with E-state index in [9.17, 15) is 14.4 Å². The molecular weight excluding hydrogens is 386 g/mol. The zero-order chi connectivity index (χ0) is 20.9. The summed E-state index contributed by atoms with van der Waals surface area (Å²) in [6.07, 6.45) is 8.48. The summed E-state index contributed by atoms with van der Waals surface area (Å²) in [6.45, 7) is 4.11. The van der Waals surface area contributed by atoms with Crippen molar-refractivity contribution in [2.45, 2.75) is 69.7 Å². The average Bonchev–Trinajstić information content (AvgIpc) is 3.06. The normalized spacial score (nSPS) is 21.7. The number of carbonyl (C=O) groups excluding carboxylic acids is 3. The van der Waals surface area contributed by atoms with Gasteiger partial charge in [0.1, 0.15) is 6.04 Å². The Morgan fingerprint density at radius 2 is 1.79 bits per heavy atom. The Hall–Kier alpha value is -1.82. The Morgan fingerprint density at radius 3 is 2.48 bits per heavy atom. The lowest BCUT2D eigenvalue weighted by atomic mass is 9.86. The maximum absolute atomic E-state index is 13.0. The molecular formula is C23H31NO4S. The number of esters is 1. The van der Waals surface area contributed by atoms with E-state index < -0.39 is 28.6 Å². The summed E-state index contributed by atoms with van der Waals surface area (Å²) in [6, 6.07) is 7.77. The maximum Gasteiger partial charge on any atom is 0.329 e. The lowest BCUT2D eigenvalue weighted by Crippen LogP contribution is -2.52. The Bertz CT molecular complexity index is 728. The van der Waals surface area contributed by atoms with Crippen LogP contribution in [0.1, 0.15) is 69.2 Å². The van der Waals surface area contributed by atoms with Gasteiger partial charge in [0.25, 0.3) is 5.91 Å². The van der Waals surface area contributed by atoms with Gasteiger partial charge >= 0.3 is 5.97 Å². The Balaban J connectivity index is 1.57. The van der Waals surface area contributed by atoms with Gasteiger partial charge in [-0.3, -0.25) is 9.59 Å². The molecule has 1 atom stereocenters. The number of amides is 1. The van der Waals surface area contributed by atoms with Crippen molar-refractivity contribution in [3.63, 3.8) is 0 Å². The van der Waals surface area contributed by atoms with Gasteiger partial charge in [0.15, 0.2) is 0 Å². The number of nitrogens with zero attached hydrogens (tertiary/aromatic N) is 1. The van der Waals surface area contributed by atoms with Gasteiger partial charge in [-0.05, 0) is 32.6 Å². The quantitative estimate of drug-likeness (QED) is 0.284. The highest BCUT2D eigenvalue weighted by molar-refractivity contribution is 8.00. The second kappa shape index (κ2) is 9.79. The van der Waals surface area contributed by atoms with Crippen LogP contribution in [-0.2, 0) is 14.3 Å². The summed E-state index contributed by atoms with van der Waals surface area (Å²) in [5.74, 6) is -0.431. The highest BCUT2D eigenvalue weighted by atomic mass is 32.2. The van der Waals surface area contributed by atoms with Crippen LogP contribution in [0.3, 0.4) is 0 Å². The fourth-order valence-corrected chi connectivity index (χ4v) is 5.50. The highest BCUT2D eigenvalue weighted by Crippen LogP contribution is 2.39. The predicted octanol–water partition coefficient (Wildman–Crippen LogP) is 4.45. The fourth-order valence-electron chi connectivity index (χ4n) is 4.30. The van der Waals surface area contributed by atoms with Crippen LogP contribution in [0, 0.1) is 5.92 Å². The smallest absolute Gasteiger partial charge is 0.329 e. The molecule has 158 valence electrons. The predicted molar refractivity (Wildman–Crippen MR) is 115 cm³/mol. The second-order valence-electron chi connectivity index (χ2n) is 8.46. The van der Waals surface area contributed by atoms with E-state index in [0.29, 0.717) is 17.9 Å². The van der Waals surface area contributed by atoms with Crippen LogP contribution < -0.4 is 0 Å². The first-order chi connectivity index (χ1) is 13.9. The number of Topliss-reactive ketones (excluding diaryl/α,β-unsaturated/α-hetero) is 1. The monoisotopic (exact) mass is 417 g/mol. The molecule has 1 saturated heterocycles. The van der Waals surface area contributed by atoms with Gasteiger partial charge in [0.05, 0.1) is 11.5 Å². The molecule has 1 aromatic carbocycles. The van der Waals surface area contributed by atoms with Gasteiger partial charge in [-0.1, -0.05) is 62.4 Å². The molecule has 1 aliphatic carbocycles. The highest BCUT2D eigenvalue weighted by Gasteiger charge is 2.49. The number of benzene rings is 1. The van der Waals surface area contributed by atoms with E-state index in [4.69, 9.17) is 4.74 Å². The number of ketones is 1. The number of ether oxygens (including phenoxy) is 1. The largest absolute Gasteiger partial charge is 0.464 e. The lowest BCUT2D eigenvalue weighted by Gasteiger charge is -2.33. The Kier molecular flexibility index (Phi) is 7.38. The minimum Gasteiger partial charge on any atom is -0.464 e. The van der Waals surface area contributed by atoms with Crippen molar-refractivity contribution in [1.82, 2.24) is 4.90 Å². The first kappa shape index (κ1) is 21.9. The molecule has 1 amide bonds. The van der Waals surface area contributed by atoms with E-state index in [0.717, 1.165) is 18.8 Å². The molecule has 0 unspecified atom stereocenters. The van der Waals surface area contributed by atoms with Gasteiger partial charge in [-0.2, -0.15) is 0 Å². The summed E-state index contributed by atoms with van der Waals surface area (Å²) >= 11 is 1.50. The van der Waals surface area contributed by atoms with E-state index in [2.05, 4.69) is 0 Å². The fraction of sp³-hybridized carbons (Fsp3) is 0.609. The number of hydrogen-bond donors (Lipinski definition) is 0. The van der Waals surface area contributed by atoms with Gasteiger partial charge < -0.3 is 9.64 Å². The van der Waals surface area contributed by atoms with E-state index in [1.165, 1.54) is 48.8 Å². The summed E-state index contributed by atoms with van der Waals surface area (Å²) in [5.41, 5.74) is 0.338. The van der Waals surface area contributed by atoms with Crippen LogP contribution in [0.25, 0.3) is 0 Å². The lowest BCUT2D eigenvalue weighted by molar-refractivity contribution is -0.154.